The molecule has 0 saturated carbocycles. The maximum absolute atomic E-state index is 11.4. The molecule has 212 valence electrons. The number of carboxylic acids is 1. The predicted molar refractivity (Wildman–Crippen MR) is 134 cm³/mol. The van der Waals surface area contributed by atoms with E-state index in [0.717, 1.165) is 0 Å². The summed E-state index contributed by atoms with van der Waals surface area (Å²) in [4.78, 5) is 41.7. The van der Waals surface area contributed by atoms with Crippen molar-refractivity contribution in [2.75, 3.05) is 13.2 Å². The number of ether oxygens (including phenoxy) is 1. The van der Waals surface area contributed by atoms with Crippen LogP contribution in [0.4, 0.5) is 11.4 Å². The summed E-state index contributed by atoms with van der Waals surface area (Å²) >= 11 is 0. The highest BCUT2D eigenvalue weighted by Gasteiger charge is 2.17. The second kappa shape index (κ2) is 18.3. The lowest BCUT2D eigenvalue weighted by atomic mass is 10.0. The standard InChI is InChI=1S/C11H13NO4.C9H9NO4.C2H6O.H2O4S/c1-3-16-11(13)8(2)9-4-6-10(7-5-9)12(14)15;1-6(9(11)12)7-2-4-8(5-3-7)10(13)14;1-2-3;1-5(2,3)4/h4-8H,3H2,1-2H3;2-6H,1H3,(H,11,12);3H,2H2,1H3;(H2,1,2,3,4). The van der Waals surface area contributed by atoms with E-state index in [1.807, 2.05) is 0 Å². The van der Waals surface area contributed by atoms with Gasteiger partial charge in [0.25, 0.3) is 11.4 Å². The molecule has 16 heteroatoms. The van der Waals surface area contributed by atoms with Gasteiger partial charge < -0.3 is 14.9 Å². The van der Waals surface area contributed by atoms with Crippen LogP contribution in [0.1, 0.15) is 50.7 Å². The van der Waals surface area contributed by atoms with E-state index in [1.165, 1.54) is 43.3 Å². The van der Waals surface area contributed by atoms with E-state index in [4.69, 9.17) is 32.5 Å². The molecule has 0 heterocycles. The fraction of sp³-hybridized carbons (Fsp3) is 0.364. The normalized spacial score (nSPS) is 11.4. The zero-order valence-electron chi connectivity index (χ0n) is 21.0. The summed E-state index contributed by atoms with van der Waals surface area (Å²) < 4.78 is 36.4. The van der Waals surface area contributed by atoms with E-state index in [0.29, 0.717) is 17.7 Å². The highest BCUT2D eigenvalue weighted by atomic mass is 32.3. The van der Waals surface area contributed by atoms with E-state index >= 15 is 0 Å². The number of aliphatic hydroxyl groups is 1. The van der Waals surface area contributed by atoms with Crippen molar-refractivity contribution in [1.29, 1.82) is 0 Å². The molecule has 0 aromatic heterocycles. The van der Waals surface area contributed by atoms with Gasteiger partial charge in [0.1, 0.15) is 0 Å². The Morgan fingerprint density at radius 1 is 0.842 bits per heavy atom. The molecule has 4 N–H and O–H groups in total. The fourth-order valence-corrected chi connectivity index (χ4v) is 2.32. The average Bonchev–Trinajstić information content (AvgIpc) is 2.83. The molecule has 0 radical (unpaired) electrons. The van der Waals surface area contributed by atoms with Crippen molar-refractivity contribution in [2.24, 2.45) is 0 Å². The number of carbonyl (C=O) groups excluding carboxylic acids is 1. The van der Waals surface area contributed by atoms with Gasteiger partial charge in [0, 0.05) is 30.9 Å². The van der Waals surface area contributed by atoms with Gasteiger partial charge in [-0.1, -0.05) is 24.3 Å². The summed E-state index contributed by atoms with van der Waals surface area (Å²) in [6, 6.07) is 11.4. The second-order valence-corrected chi connectivity index (χ2v) is 7.89. The van der Waals surface area contributed by atoms with Crippen LogP contribution in [0.15, 0.2) is 48.5 Å². The predicted octanol–water partition coefficient (Wildman–Crippen LogP) is 3.39. The van der Waals surface area contributed by atoms with Crippen LogP contribution in [0.25, 0.3) is 0 Å². The highest BCUT2D eigenvalue weighted by Crippen LogP contribution is 2.20. The Kier molecular flexibility index (Phi) is 17.4. The monoisotopic (exact) mass is 562 g/mol. The van der Waals surface area contributed by atoms with Crippen LogP contribution in [0.5, 0.6) is 0 Å². The Labute approximate surface area is 218 Å². The molecule has 0 spiro atoms. The minimum Gasteiger partial charge on any atom is -0.481 e. The quantitative estimate of drug-likeness (QED) is 0.164. The Balaban J connectivity index is 0. The maximum Gasteiger partial charge on any atom is 0.394 e. The van der Waals surface area contributed by atoms with Crippen molar-refractivity contribution in [1.82, 2.24) is 0 Å². The van der Waals surface area contributed by atoms with Gasteiger partial charge in [-0.05, 0) is 38.8 Å². The van der Waals surface area contributed by atoms with E-state index in [-0.39, 0.29) is 24.0 Å². The number of aliphatic hydroxyl groups excluding tert-OH is 1. The number of hydrogen-bond acceptors (Lipinski definition) is 10. The molecule has 2 unspecified atom stereocenters. The average molecular weight is 563 g/mol. The molecule has 15 nitrogen and oxygen atoms in total. The van der Waals surface area contributed by atoms with Gasteiger partial charge in [-0.15, -0.1) is 0 Å². The number of esters is 1. The SMILES string of the molecule is CC(C(=O)O)c1ccc([N+](=O)[O-])cc1.CCO.CCOC(=O)C(C)c1ccc([N+](=O)[O-])cc1.O=S(=O)(O)O. The van der Waals surface area contributed by atoms with Gasteiger partial charge >= 0.3 is 22.3 Å². The number of aliphatic carboxylic acids is 1. The van der Waals surface area contributed by atoms with Gasteiger partial charge in [-0.2, -0.15) is 8.42 Å². The van der Waals surface area contributed by atoms with Crippen LogP contribution in [-0.4, -0.2) is 62.7 Å². The molecule has 2 rings (SSSR count). The van der Waals surface area contributed by atoms with Crippen molar-refractivity contribution >= 4 is 33.7 Å². The first-order chi connectivity index (χ1) is 17.5. The number of hydrogen-bond donors (Lipinski definition) is 4. The molecule has 2 aromatic carbocycles. The molecule has 0 aliphatic carbocycles. The molecule has 0 saturated heterocycles. The molecule has 0 bridgehead atoms. The summed E-state index contributed by atoms with van der Waals surface area (Å²) in [6.07, 6.45) is 0. The van der Waals surface area contributed by atoms with E-state index in [2.05, 4.69) is 0 Å². The molecule has 38 heavy (non-hydrogen) atoms. The van der Waals surface area contributed by atoms with Gasteiger partial charge in [-0.25, -0.2) is 0 Å². The van der Waals surface area contributed by atoms with Crippen molar-refractivity contribution in [3.8, 4) is 0 Å². The lowest BCUT2D eigenvalue weighted by Gasteiger charge is -2.10. The number of nitrogens with zero attached hydrogens (tertiary/aromatic N) is 2. The van der Waals surface area contributed by atoms with E-state index in [1.54, 1.807) is 32.9 Å². The second-order valence-electron chi connectivity index (χ2n) is 7.00. The molecule has 0 fully saturated rings. The number of rotatable bonds is 7. The molecule has 2 aromatic rings. The van der Waals surface area contributed by atoms with Crippen LogP contribution in [0.2, 0.25) is 0 Å². The fourth-order valence-electron chi connectivity index (χ4n) is 2.32. The Morgan fingerprint density at radius 2 is 1.13 bits per heavy atom. The lowest BCUT2D eigenvalue weighted by molar-refractivity contribution is -0.385. The summed E-state index contributed by atoms with van der Waals surface area (Å²) in [5, 5.41) is 37.0. The minimum atomic E-state index is -4.67. The highest BCUT2D eigenvalue weighted by molar-refractivity contribution is 7.79. The smallest absolute Gasteiger partial charge is 0.394 e. The Morgan fingerprint density at radius 3 is 1.37 bits per heavy atom. The first-order valence-corrected chi connectivity index (χ1v) is 12.1. The van der Waals surface area contributed by atoms with Crippen molar-refractivity contribution < 1.29 is 51.9 Å². The number of carboxylic acid groups (broad SMARTS) is 1. The summed E-state index contributed by atoms with van der Waals surface area (Å²) in [5.41, 5.74) is 1.25. The third-order valence-corrected chi connectivity index (χ3v) is 4.22. The van der Waals surface area contributed by atoms with Crippen LogP contribution < -0.4 is 0 Å². The first-order valence-electron chi connectivity index (χ1n) is 10.7. The number of benzene rings is 2. The van der Waals surface area contributed by atoms with Gasteiger partial charge in [0.2, 0.25) is 0 Å². The Hall–Kier alpha value is -3.99. The van der Waals surface area contributed by atoms with E-state index < -0.39 is 38.1 Å². The van der Waals surface area contributed by atoms with Gasteiger partial charge in [-0.3, -0.25) is 38.9 Å². The van der Waals surface area contributed by atoms with Crippen LogP contribution in [0, 0.1) is 20.2 Å². The largest absolute Gasteiger partial charge is 0.481 e. The van der Waals surface area contributed by atoms with Crippen molar-refractivity contribution in [3.05, 3.63) is 79.9 Å². The van der Waals surface area contributed by atoms with Crippen LogP contribution in [0.3, 0.4) is 0 Å². The molecular formula is C22H30N2O13S. The molecular weight excluding hydrogens is 532 g/mol. The van der Waals surface area contributed by atoms with Crippen molar-refractivity contribution in [2.45, 2.75) is 39.5 Å². The lowest BCUT2D eigenvalue weighted by Crippen LogP contribution is -2.12. The maximum atomic E-state index is 11.4. The zero-order chi connectivity index (χ0) is 30.1. The number of non-ortho nitro benzene ring substituents is 2. The first kappa shape index (κ1) is 36.2. The minimum absolute atomic E-state index is 0.0137. The molecule has 0 aliphatic heterocycles. The third kappa shape index (κ3) is 16.6. The van der Waals surface area contributed by atoms with Crippen LogP contribution >= 0.6 is 0 Å². The number of nitro benzene ring substituents is 2. The third-order valence-electron chi connectivity index (χ3n) is 4.22. The van der Waals surface area contributed by atoms with E-state index in [9.17, 15) is 29.8 Å². The number of carbonyl (C=O) groups is 2. The topological polar surface area (TPSA) is 245 Å². The molecule has 0 aliphatic rings. The van der Waals surface area contributed by atoms with Gasteiger partial charge in [0.05, 0.1) is 28.3 Å². The zero-order valence-corrected chi connectivity index (χ0v) is 21.8. The van der Waals surface area contributed by atoms with Crippen molar-refractivity contribution in [3.63, 3.8) is 0 Å². The van der Waals surface area contributed by atoms with Crippen LogP contribution in [-0.2, 0) is 24.7 Å². The summed E-state index contributed by atoms with van der Waals surface area (Å²) in [5.74, 6) is -2.31. The number of nitro groups is 2. The Bertz CT molecular complexity index is 1130. The molecule has 2 atom stereocenters. The molecule has 0 amide bonds. The van der Waals surface area contributed by atoms with Gasteiger partial charge in [0.15, 0.2) is 0 Å². The summed E-state index contributed by atoms with van der Waals surface area (Å²) in [7, 11) is -4.67. The summed E-state index contributed by atoms with van der Waals surface area (Å²) in [6.45, 7) is 7.24.